The lowest BCUT2D eigenvalue weighted by Crippen LogP contribution is -1.98. The number of aliphatic hydroxyl groups is 1. The number of aromatic amines is 1. The maximum atomic E-state index is 10.1. The number of benzene rings is 1. The van der Waals surface area contributed by atoms with Crippen LogP contribution < -0.4 is 4.74 Å². The standard InChI is InChI=1S/C12H12N2O2/c15-12(10-6-13-14-7-10)9-1-2-11-8(5-9)3-4-16-11/h1-2,5-7,12,15H,3-4H2,(H,13,14). The van der Waals surface area contributed by atoms with Gasteiger partial charge in [-0.2, -0.15) is 5.10 Å². The highest BCUT2D eigenvalue weighted by Gasteiger charge is 2.16. The first-order valence-electron chi connectivity index (χ1n) is 5.27. The number of hydrogen-bond acceptors (Lipinski definition) is 3. The van der Waals surface area contributed by atoms with Gasteiger partial charge in [0.05, 0.1) is 12.8 Å². The molecule has 1 aliphatic rings. The molecule has 2 aromatic rings. The van der Waals surface area contributed by atoms with Gasteiger partial charge in [-0.1, -0.05) is 6.07 Å². The molecule has 2 heterocycles. The molecule has 1 aromatic heterocycles. The molecule has 0 saturated heterocycles. The second-order valence-electron chi connectivity index (χ2n) is 3.90. The second-order valence-corrected chi connectivity index (χ2v) is 3.90. The van der Waals surface area contributed by atoms with Crippen LogP contribution in [0.25, 0.3) is 0 Å². The summed E-state index contributed by atoms with van der Waals surface area (Å²) < 4.78 is 5.42. The molecule has 0 amide bonds. The topological polar surface area (TPSA) is 58.1 Å². The SMILES string of the molecule is OC(c1cn[nH]c1)c1ccc2c(c1)CCO2. The maximum Gasteiger partial charge on any atom is 0.122 e. The summed E-state index contributed by atoms with van der Waals surface area (Å²) in [6, 6.07) is 5.81. The third-order valence-corrected chi connectivity index (χ3v) is 2.86. The number of nitrogens with zero attached hydrogens (tertiary/aromatic N) is 1. The Bertz CT molecular complexity index is 494. The number of H-pyrrole nitrogens is 1. The Morgan fingerprint density at radius 3 is 3.12 bits per heavy atom. The van der Waals surface area contributed by atoms with Crippen LogP contribution in [0.15, 0.2) is 30.6 Å². The molecular weight excluding hydrogens is 204 g/mol. The largest absolute Gasteiger partial charge is 0.493 e. The summed E-state index contributed by atoms with van der Waals surface area (Å²) in [6.45, 7) is 0.737. The number of rotatable bonds is 2. The van der Waals surface area contributed by atoms with Gasteiger partial charge in [-0.15, -0.1) is 0 Å². The van der Waals surface area contributed by atoms with E-state index in [0.29, 0.717) is 0 Å². The lowest BCUT2D eigenvalue weighted by atomic mass is 10.0. The molecule has 0 fully saturated rings. The number of fused-ring (bicyclic) bond motifs is 1. The van der Waals surface area contributed by atoms with Crippen molar-refractivity contribution in [2.45, 2.75) is 12.5 Å². The predicted octanol–water partition coefficient (Wildman–Crippen LogP) is 1.43. The normalized spacial score (nSPS) is 15.6. The predicted molar refractivity (Wildman–Crippen MR) is 58.3 cm³/mol. The van der Waals surface area contributed by atoms with E-state index < -0.39 is 6.10 Å². The molecule has 16 heavy (non-hydrogen) atoms. The highest BCUT2D eigenvalue weighted by molar-refractivity contribution is 5.42. The van der Waals surface area contributed by atoms with Crippen LogP contribution in [-0.2, 0) is 6.42 Å². The van der Waals surface area contributed by atoms with Crippen molar-refractivity contribution < 1.29 is 9.84 Å². The van der Waals surface area contributed by atoms with Crippen LogP contribution in [0.4, 0.5) is 0 Å². The van der Waals surface area contributed by atoms with Gasteiger partial charge < -0.3 is 9.84 Å². The van der Waals surface area contributed by atoms with Crippen LogP contribution in [0.5, 0.6) is 5.75 Å². The van der Waals surface area contributed by atoms with E-state index in [2.05, 4.69) is 10.2 Å². The summed E-state index contributed by atoms with van der Waals surface area (Å²) in [4.78, 5) is 0. The van der Waals surface area contributed by atoms with Gasteiger partial charge in [-0.25, -0.2) is 0 Å². The first-order valence-corrected chi connectivity index (χ1v) is 5.27. The van der Waals surface area contributed by atoms with E-state index in [1.165, 1.54) is 5.56 Å². The van der Waals surface area contributed by atoms with Crippen LogP contribution in [0, 0.1) is 0 Å². The molecule has 0 saturated carbocycles. The average molecular weight is 216 g/mol. The van der Waals surface area contributed by atoms with Crippen molar-refractivity contribution in [1.29, 1.82) is 0 Å². The smallest absolute Gasteiger partial charge is 0.122 e. The van der Waals surface area contributed by atoms with Gasteiger partial charge in [0.1, 0.15) is 11.9 Å². The Labute approximate surface area is 92.9 Å². The van der Waals surface area contributed by atoms with Crippen molar-refractivity contribution in [3.8, 4) is 5.75 Å². The second kappa shape index (κ2) is 3.64. The number of nitrogens with one attached hydrogen (secondary N) is 1. The summed E-state index contributed by atoms with van der Waals surface area (Å²) in [6.07, 6.45) is 3.63. The van der Waals surface area contributed by atoms with Crippen LogP contribution in [0.3, 0.4) is 0 Å². The summed E-state index contributed by atoms with van der Waals surface area (Å²) in [5, 5.41) is 16.6. The number of ether oxygens (including phenoxy) is 1. The van der Waals surface area contributed by atoms with Crippen LogP contribution in [0.1, 0.15) is 22.8 Å². The van der Waals surface area contributed by atoms with Crippen molar-refractivity contribution in [3.05, 3.63) is 47.3 Å². The minimum atomic E-state index is -0.621. The molecule has 1 atom stereocenters. The molecule has 0 spiro atoms. The van der Waals surface area contributed by atoms with Crippen molar-refractivity contribution in [2.24, 2.45) is 0 Å². The average Bonchev–Trinajstić information content (AvgIpc) is 2.98. The first-order chi connectivity index (χ1) is 7.84. The minimum Gasteiger partial charge on any atom is -0.493 e. The Morgan fingerprint density at radius 1 is 1.38 bits per heavy atom. The molecule has 1 aromatic carbocycles. The van der Waals surface area contributed by atoms with Gasteiger partial charge in [0.25, 0.3) is 0 Å². The van der Waals surface area contributed by atoms with Crippen molar-refractivity contribution in [2.75, 3.05) is 6.61 Å². The maximum absolute atomic E-state index is 10.1. The van der Waals surface area contributed by atoms with Crippen molar-refractivity contribution in [1.82, 2.24) is 10.2 Å². The number of aliphatic hydroxyl groups excluding tert-OH is 1. The third-order valence-electron chi connectivity index (χ3n) is 2.86. The molecule has 82 valence electrons. The Hall–Kier alpha value is -1.81. The summed E-state index contributed by atoms with van der Waals surface area (Å²) in [5.74, 6) is 0.933. The zero-order valence-corrected chi connectivity index (χ0v) is 8.68. The summed E-state index contributed by atoms with van der Waals surface area (Å²) in [5.41, 5.74) is 2.82. The van der Waals surface area contributed by atoms with Crippen LogP contribution in [-0.4, -0.2) is 21.9 Å². The molecule has 3 rings (SSSR count). The molecule has 1 unspecified atom stereocenters. The monoisotopic (exact) mass is 216 g/mol. The fourth-order valence-corrected chi connectivity index (χ4v) is 1.98. The molecule has 0 aliphatic carbocycles. The van der Waals surface area contributed by atoms with Gasteiger partial charge >= 0.3 is 0 Å². The van der Waals surface area contributed by atoms with E-state index in [9.17, 15) is 5.11 Å². The van der Waals surface area contributed by atoms with E-state index in [1.54, 1.807) is 12.4 Å². The van der Waals surface area contributed by atoms with E-state index in [4.69, 9.17) is 4.74 Å². The molecular formula is C12H12N2O2. The highest BCUT2D eigenvalue weighted by Crippen LogP contribution is 2.30. The van der Waals surface area contributed by atoms with E-state index in [-0.39, 0.29) is 0 Å². The van der Waals surface area contributed by atoms with Gasteiger partial charge in [0.15, 0.2) is 0 Å². The zero-order chi connectivity index (χ0) is 11.0. The Balaban J connectivity index is 1.95. The molecule has 4 heteroatoms. The highest BCUT2D eigenvalue weighted by atomic mass is 16.5. The fourth-order valence-electron chi connectivity index (χ4n) is 1.98. The zero-order valence-electron chi connectivity index (χ0n) is 8.68. The molecule has 0 bridgehead atoms. The number of hydrogen-bond donors (Lipinski definition) is 2. The third kappa shape index (κ3) is 1.47. The van der Waals surface area contributed by atoms with Crippen LogP contribution in [0.2, 0.25) is 0 Å². The van der Waals surface area contributed by atoms with Crippen molar-refractivity contribution in [3.63, 3.8) is 0 Å². The van der Waals surface area contributed by atoms with Crippen LogP contribution >= 0.6 is 0 Å². The molecule has 4 nitrogen and oxygen atoms in total. The molecule has 0 radical (unpaired) electrons. The summed E-state index contributed by atoms with van der Waals surface area (Å²) >= 11 is 0. The molecule has 2 N–H and O–H groups in total. The van der Waals surface area contributed by atoms with Gasteiger partial charge in [0.2, 0.25) is 0 Å². The summed E-state index contributed by atoms with van der Waals surface area (Å²) in [7, 11) is 0. The van der Waals surface area contributed by atoms with Gasteiger partial charge in [-0.05, 0) is 23.3 Å². The minimum absolute atomic E-state index is 0.621. The lowest BCUT2D eigenvalue weighted by molar-refractivity contribution is 0.220. The van der Waals surface area contributed by atoms with E-state index in [0.717, 1.165) is 29.9 Å². The van der Waals surface area contributed by atoms with Gasteiger partial charge in [-0.3, -0.25) is 5.10 Å². The quantitative estimate of drug-likeness (QED) is 0.798. The Morgan fingerprint density at radius 2 is 2.31 bits per heavy atom. The van der Waals surface area contributed by atoms with E-state index in [1.807, 2.05) is 18.2 Å². The van der Waals surface area contributed by atoms with Crippen molar-refractivity contribution >= 4 is 0 Å². The fraction of sp³-hybridized carbons (Fsp3) is 0.250. The lowest BCUT2D eigenvalue weighted by Gasteiger charge is -2.09. The molecule has 1 aliphatic heterocycles. The Kier molecular flexibility index (Phi) is 2.15. The first kappa shape index (κ1) is 9.42. The van der Waals surface area contributed by atoms with Gasteiger partial charge in [0, 0.05) is 18.2 Å². The van der Waals surface area contributed by atoms with E-state index >= 15 is 0 Å². The number of aromatic nitrogens is 2.